The normalized spacial score (nSPS) is 24.0. The van der Waals surface area contributed by atoms with Crippen LogP contribution in [0.15, 0.2) is 12.3 Å². The molecule has 0 aromatic carbocycles. The molecular weight excluding hydrogens is 285 g/mol. The Bertz CT molecular complexity index is 493. The van der Waals surface area contributed by atoms with Gasteiger partial charge in [0, 0.05) is 31.9 Å². The third kappa shape index (κ3) is 3.82. The first-order valence-corrected chi connectivity index (χ1v) is 7.02. The van der Waals surface area contributed by atoms with Crippen LogP contribution in [0.3, 0.4) is 0 Å². The van der Waals surface area contributed by atoms with Crippen LogP contribution in [0, 0.1) is 0 Å². The molecule has 1 aliphatic heterocycles. The minimum atomic E-state index is -4.45. The summed E-state index contributed by atoms with van der Waals surface area (Å²) in [6.07, 6.45) is -0.925. The van der Waals surface area contributed by atoms with Gasteiger partial charge in [0.15, 0.2) is 0 Å². The van der Waals surface area contributed by atoms with Gasteiger partial charge >= 0.3 is 6.18 Å². The van der Waals surface area contributed by atoms with Gasteiger partial charge in [0.05, 0.1) is 12.7 Å². The second-order valence-corrected chi connectivity index (χ2v) is 5.36. The van der Waals surface area contributed by atoms with Gasteiger partial charge < -0.3 is 10.1 Å². The zero-order valence-corrected chi connectivity index (χ0v) is 11.4. The molecule has 3 rings (SSSR count). The zero-order chi connectivity index (χ0) is 14.9. The van der Waals surface area contributed by atoms with Crippen molar-refractivity contribution in [2.75, 3.05) is 31.6 Å². The molecule has 1 aromatic rings. The highest BCUT2D eigenvalue weighted by Crippen LogP contribution is 2.29. The number of alkyl halides is 3. The average Bonchev–Trinajstić information content (AvgIpc) is 3.30. The van der Waals surface area contributed by atoms with Gasteiger partial charge in [-0.15, -0.1) is 0 Å². The molecule has 0 amide bonds. The molecular formula is C13H17F3N4O. The Hall–Kier alpha value is -1.41. The molecule has 0 bridgehead atoms. The Morgan fingerprint density at radius 1 is 1.38 bits per heavy atom. The molecule has 1 aromatic heterocycles. The molecule has 0 radical (unpaired) electrons. The SMILES string of the molecule is FC(F)(F)c1ccnc(NC[C@@H]2CN(C3CC3)CCO2)n1. The van der Waals surface area contributed by atoms with Gasteiger partial charge in [-0.2, -0.15) is 13.2 Å². The van der Waals surface area contributed by atoms with Crippen molar-refractivity contribution >= 4 is 5.95 Å². The van der Waals surface area contributed by atoms with E-state index in [1.165, 1.54) is 12.8 Å². The Labute approximate surface area is 120 Å². The summed E-state index contributed by atoms with van der Waals surface area (Å²) in [6, 6.07) is 1.53. The Balaban J connectivity index is 1.54. The summed E-state index contributed by atoms with van der Waals surface area (Å²) < 4.78 is 43.3. The molecule has 116 valence electrons. The van der Waals surface area contributed by atoms with Crippen LogP contribution in [0.2, 0.25) is 0 Å². The molecule has 2 heterocycles. The first kappa shape index (κ1) is 14.5. The van der Waals surface area contributed by atoms with E-state index in [1.807, 2.05) is 0 Å². The number of nitrogens with one attached hydrogen (secondary N) is 1. The van der Waals surface area contributed by atoms with Gasteiger partial charge in [0.2, 0.25) is 5.95 Å². The van der Waals surface area contributed by atoms with Crippen molar-refractivity contribution in [1.29, 1.82) is 0 Å². The Kier molecular flexibility index (Phi) is 3.99. The fraction of sp³-hybridized carbons (Fsp3) is 0.692. The first-order valence-electron chi connectivity index (χ1n) is 7.02. The highest BCUT2D eigenvalue weighted by Gasteiger charge is 2.34. The summed E-state index contributed by atoms with van der Waals surface area (Å²) in [6.45, 7) is 2.80. The number of hydrogen-bond donors (Lipinski definition) is 1. The Morgan fingerprint density at radius 2 is 2.19 bits per heavy atom. The predicted octanol–water partition coefficient (Wildman–Crippen LogP) is 1.77. The van der Waals surface area contributed by atoms with E-state index in [9.17, 15) is 13.2 Å². The third-order valence-electron chi connectivity index (χ3n) is 3.67. The average molecular weight is 302 g/mol. The van der Waals surface area contributed by atoms with Crippen molar-refractivity contribution in [2.45, 2.75) is 31.2 Å². The topological polar surface area (TPSA) is 50.3 Å². The number of anilines is 1. The number of nitrogens with zero attached hydrogens (tertiary/aromatic N) is 3. The van der Waals surface area contributed by atoms with E-state index in [1.54, 1.807) is 0 Å². The van der Waals surface area contributed by atoms with Gasteiger partial charge in [-0.25, -0.2) is 9.97 Å². The minimum absolute atomic E-state index is 0.0167. The number of hydrogen-bond acceptors (Lipinski definition) is 5. The van der Waals surface area contributed by atoms with Gasteiger partial charge in [0.1, 0.15) is 5.69 Å². The largest absolute Gasteiger partial charge is 0.433 e. The van der Waals surface area contributed by atoms with Crippen LogP contribution >= 0.6 is 0 Å². The second kappa shape index (κ2) is 5.76. The molecule has 1 saturated carbocycles. The third-order valence-corrected chi connectivity index (χ3v) is 3.67. The van der Waals surface area contributed by atoms with E-state index < -0.39 is 11.9 Å². The van der Waals surface area contributed by atoms with Gasteiger partial charge in [-0.1, -0.05) is 0 Å². The van der Waals surface area contributed by atoms with Crippen molar-refractivity contribution in [2.24, 2.45) is 0 Å². The molecule has 2 aliphatic rings. The number of halogens is 3. The standard InChI is InChI=1S/C13H17F3N4O/c14-13(15,16)11-3-4-17-12(19-11)18-7-10-8-20(5-6-21-10)9-1-2-9/h3-4,9-10H,1-2,5-8H2,(H,17,18,19)/t10-/m1/s1. The lowest BCUT2D eigenvalue weighted by atomic mass is 10.2. The van der Waals surface area contributed by atoms with Crippen molar-refractivity contribution in [1.82, 2.24) is 14.9 Å². The molecule has 1 saturated heterocycles. The zero-order valence-electron chi connectivity index (χ0n) is 11.4. The molecule has 0 unspecified atom stereocenters. The molecule has 1 atom stereocenters. The van der Waals surface area contributed by atoms with Crippen LogP contribution < -0.4 is 5.32 Å². The van der Waals surface area contributed by atoms with Gasteiger partial charge in [-0.05, 0) is 18.9 Å². The molecule has 0 spiro atoms. The van der Waals surface area contributed by atoms with E-state index in [0.29, 0.717) is 19.2 Å². The van der Waals surface area contributed by atoms with E-state index in [4.69, 9.17) is 4.74 Å². The van der Waals surface area contributed by atoms with Crippen LogP contribution in [0.1, 0.15) is 18.5 Å². The van der Waals surface area contributed by atoms with E-state index in [2.05, 4.69) is 20.2 Å². The number of morpholine rings is 1. The van der Waals surface area contributed by atoms with Crippen molar-refractivity contribution in [3.05, 3.63) is 18.0 Å². The maximum atomic E-state index is 12.6. The molecule has 2 fully saturated rings. The van der Waals surface area contributed by atoms with E-state index in [0.717, 1.165) is 25.4 Å². The van der Waals surface area contributed by atoms with Crippen LogP contribution in [0.25, 0.3) is 0 Å². The fourth-order valence-corrected chi connectivity index (χ4v) is 2.44. The second-order valence-electron chi connectivity index (χ2n) is 5.36. The maximum Gasteiger partial charge on any atom is 0.433 e. The summed E-state index contributed by atoms with van der Waals surface area (Å²) in [5, 5.41) is 2.83. The fourth-order valence-electron chi connectivity index (χ4n) is 2.44. The quantitative estimate of drug-likeness (QED) is 0.918. The van der Waals surface area contributed by atoms with E-state index >= 15 is 0 Å². The smallest absolute Gasteiger partial charge is 0.374 e. The molecule has 5 nitrogen and oxygen atoms in total. The predicted molar refractivity (Wildman–Crippen MR) is 69.9 cm³/mol. The molecule has 1 aliphatic carbocycles. The molecule has 21 heavy (non-hydrogen) atoms. The van der Waals surface area contributed by atoms with Crippen molar-refractivity contribution in [3.8, 4) is 0 Å². The monoisotopic (exact) mass is 302 g/mol. The number of rotatable bonds is 4. The molecule has 1 N–H and O–H groups in total. The highest BCUT2D eigenvalue weighted by atomic mass is 19.4. The van der Waals surface area contributed by atoms with Crippen LogP contribution in [0.4, 0.5) is 19.1 Å². The number of ether oxygens (including phenoxy) is 1. The highest BCUT2D eigenvalue weighted by molar-refractivity contribution is 5.26. The number of aromatic nitrogens is 2. The lowest BCUT2D eigenvalue weighted by molar-refractivity contribution is -0.141. The van der Waals surface area contributed by atoms with Gasteiger partial charge in [-0.3, -0.25) is 4.90 Å². The first-order chi connectivity index (χ1) is 10.0. The van der Waals surface area contributed by atoms with E-state index in [-0.39, 0.29) is 12.1 Å². The molecule has 8 heteroatoms. The van der Waals surface area contributed by atoms with Crippen LogP contribution in [-0.4, -0.2) is 53.3 Å². The summed E-state index contributed by atoms with van der Waals surface area (Å²) in [5.74, 6) is -0.0167. The van der Waals surface area contributed by atoms with Gasteiger partial charge in [0.25, 0.3) is 0 Å². The van der Waals surface area contributed by atoms with Crippen molar-refractivity contribution in [3.63, 3.8) is 0 Å². The van der Waals surface area contributed by atoms with Crippen LogP contribution in [-0.2, 0) is 10.9 Å². The summed E-state index contributed by atoms with van der Waals surface area (Å²) in [4.78, 5) is 9.67. The lowest BCUT2D eigenvalue weighted by Gasteiger charge is -2.33. The maximum absolute atomic E-state index is 12.6. The summed E-state index contributed by atoms with van der Waals surface area (Å²) >= 11 is 0. The van der Waals surface area contributed by atoms with Crippen molar-refractivity contribution < 1.29 is 17.9 Å². The Morgan fingerprint density at radius 3 is 2.90 bits per heavy atom. The van der Waals surface area contributed by atoms with Crippen LogP contribution in [0.5, 0.6) is 0 Å². The summed E-state index contributed by atoms with van der Waals surface area (Å²) in [7, 11) is 0. The summed E-state index contributed by atoms with van der Waals surface area (Å²) in [5.41, 5.74) is -0.941. The lowest BCUT2D eigenvalue weighted by Crippen LogP contribution is -2.46. The minimum Gasteiger partial charge on any atom is -0.374 e.